The summed E-state index contributed by atoms with van der Waals surface area (Å²) in [6.07, 6.45) is 0.421. The number of carbonyl (C=O) groups excluding carboxylic acids is 2. The van der Waals surface area contributed by atoms with Crippen molar-refractivity contribution in [3.63, 3.8) is 0 Å². The summed E-state index contributed by atoms with van der Waals surface area (Å²) in [7, 11) is 0. The lowest BCUT2D eigenvalue weighted by molar-refractivity contribution is 0.0853. The first-order valence-corrected chi connectivity index (χ1v) is 8.38. The lowest BCUT2D eigenvalue weighted by atomic mass is 10.1. The van der Waals surface area contributed by atoms with E-state index in [1.54, 1.807) is 42.5 Å². The summed E-state index contributed by atoms with van der Waals surface area (Å²) in [4.78, 5) is 25.2. The van der Waals surface area contributed by atoms with Crippen molar-refractivity contribution in [1.82, 2.24) is 5.32 Å². The van der Waals surface area contributed by atoms with Gasteiger partial charge in [-0.2, -0.15) is 0 Å². The van der Waals surface area contributed by atoms with Crippen LogP contribution in [0.4, 0.5) is 5.69 Å². The van der Waals surface area contributed by atoms with E-state index in [-0.39, 0.29) is 11.5 Å². The molecule has 132 valence electrons. The van der Waals surface area contributed by atoms with E-state index in [1.807, 2.05) is 19.1 Å². The number of hydrogen-bond acceptors (Lipinski definition) is 4. The lowest BCUT2D eigenvalue weighted by Crippen LogP contribution is -2.46. The molecule has 0 aliphatic rings. The van der Waals surface area contributed by atoms with Gasteiger partial charge in [-0.25, -0.2) is 0 Å². The van der Waals surface area contributed by atoms with E-state index in [0.717, 1.165) is 5.56 Å². The quantitative estimate of drug-likeness (QED) is 0.503. The Morgan fingerprint density at radius 3 is 2.46 bits per heavy atom. The Labute approximate surface area is 156 Å². The second-order valence-electron chi connectivity index (χ2n) is 5.77. The number of halogens is 1. The molecule has 0 saturated carbocycles. The van der Waals surface area contributed by atoms with Gasteiger partial charge in [0, 0.05) is 16.3 Å². The van der Waals surface area contributed by atoms with Gasteiger partial charge in [-0.05, 0) is 37.3 Å². The Morgan fingerprint density at radius 1 is 1.04 bits per heavy atom. The van der Waals surface area contributed by atoms with Crippen molar-refractivity contribution in [2.24, 2.45) is 0 Å². The monoisotopic (exact) mass is 368 g/mol. The van der Waals surface area contributed by atoms with Gasteiger partial charge >= 0.3 is 0 Å². The molecule has 2 N–H and O–H groups in total. The van der Waals surface area contributed by atoms with Crippen molar-refractivity contribution in [1.29, 1.82) is 0 Å². The highest BCUT2D eigenvalue weighted by Crippen LogP contribution is 2.17. The van der Waals surface area contributed by atoms with Crippen LogP contribution in [0, 0.1) is 6.92 Å². The number of amides is 1. The van der Waals surface area contributed by atoms with Crippen LogP contribution in [0.3, 0.4) is 0 Å². The number of anilines is 1. The van der Waals surface area contributed by atoms with Gasteiger partial charge < -0.3 is 15.1 Å². The van der Waals surface area contributed by atoms with Crippen molar-refractivity contribution < 1.29 is 14.0 Å². The highest BCUT2D eigenvalue weighted by Gasteiger charge is 2.23. The van der Waals surface area contributed by atoms with Crippen LogP contribution in [0.15, 0.2) is 71.3 Å². The minimum atomic E-state index is -0.978. The van der Waals surface area contributed by atoms with E-state index in [4.69, 9.17) is 16.0 Å². The Kier molecular flexibility index (Phi) is 5.39. The molecule has 5 nitrogen and oxygen atoms in total. The van der Waals surface area contributed by atoms with Gasteiger partial charge in [0.1, 0.15) is 0 Å². The molecule has 3 aromatic rings. The normalized spacial score (nSPS) is 11.6. The highest BCUT2D eigenvalue weighted by molar-refractivity contribution is 6.30. The molecule has 6 heteroatoms. The third-order valence-corrected chi connectivity index (χ3v) is 3.99. The van der Waals surface area contributed by atoms with Gasteiger partial charge in [0.05, 0.1) is 6.26 Å². The molecule has 1 heterocycles. The number of rotatable bonds is 6. The molecular weight excluding hydrogens is 352 g/mol. The molecule has 0 radical (unpaired) electrons. The van der Waals surface area contributed by atoms with Crippen molar-refractivity contribution in [2.75, 3.05) is 5.32 Å². The van der Waals surface area contributed by atoms with Crippen molar-refractivity contribution in [3.05, 3.63) is 88.8 Å². The fourth-order valence-electron chi connectivity index (χ4n) is 2.41. The molecule has 0 fully saturated rings. The summed E-state index contributed by atoms with van der Waals surface area (Å²) < 4.78 is 5.09. The molecule has 0 bridgehead atoms. The fraction of sp³-hybridized carbons (Fsp3) is 0.100. The molecule has 1 amide bonds. The van der Waals surface area contributed by atoms with Gasteiger partial charge in [0.15, 0.2) is 11.9 Å². The molecule has 0 spiro atoms. The summed E-state index contributed by atoms with van der Waals surface area (Å²) in [5.41, 5.74) is 2.14. The number of hydrogen-bond donors (Lipinski definition) is 2. The number of nitrogens with one attached hydrogen (secondary N) is 2. The predicted octanol–water partition coefficient (Wildman–Crippen LogP) is 4.29. The molecule has 3 rings (SSSR count). The summed E-state index contributed by atoms with van der Waals surface area (Å²) in [5.74, 6) is -0.639. The summed E-state index contributed by atoms with van der Waals surface area (Å²) in [6, 6.07) is 17.2. The number of aryl methyl sites for hydroxylation is 1. The summed E-state index contributed by atoms with van der Waals surface area (Å²) in [5, 5.41) is 6.20. The minimum Gasteiger partial charge on any atom is -0.459 e. The predicted molar refractivity (Wildman–Crippen MR) is 101 cm³/mol. The van der Waals surface area contributed by atoms with Crippen LogP contribution in [-0.4, -0.2) is 17.9 Å². The molecular formula is C20H17ClN2O3. The molecule has 26 heavy (non-hydrogen) atoms. The standard InChI is InChI=1S/C20H17ClN2O3/c1-13-7-9-14(10-8-13)18(24)19(22-16-5-2-4-15(21)12-16)23-20(25)17-6-3-11-26-17/h2-12,19,22H,1H3,(H,23,25)/t19-/m1/s1. The maximum Gasteiger partial charge on any atom is 0.288 e. The van der Waals surface area contributed by atoms with E-state index < -0.39 is 12.1 Å². The molecule has 0 unspecified atom stereocenters. The van der Waals surface area contributed by atoms with Gasteiger partial charge in [-0.1, -0.05) is 47.5 Å². The van der Waals surface area contributed by atoms with Gasteiger partial charge in [-0.15, -0.1) is 0 Å². The van der Waals surface area contributed by atoms with Crippen LogP contribution in [0.5, 0.6) is 0 Å². The van der Waals surface area contributed by atoms with Crippen LogP contribution in [-0.2, 0) is 0 Å². The Hall–Kier alpha value is -3.05. The zero-order valence-corrected chi connectivity index (χ0v) is 14.8. The zero-order chi connectivity index (χ0) is 18.5. The van der Waals surface area contributed by atoms with Gasteiger partial charge in [0.2, 0.25) is 5.78 Å². The van der Waals surface area contributed by atoms with Crippen LogP contribution in [0.1, 0.15) is 26.5 Å². The number of Topliss-reactive ketones (excluding diaryl/α,β-unsaturated/α-hetero) is 1. The van der Waals surface area contributed by atoms with Gasteiger partial charge in [-0.3, -0.25) is 9.59 Å². The van der Waals surface area contributed by atoms with Crippen LogP contribution in [0.2, 0.25) is 5.02 Å². The molecule has 1 aromatic heterocycles. The van der Waals surface area contributed by atoms with E-state index in [0.29, 0.717) is 16.3 Å². The Bertz CT molecular complexity index is 905. The van der Waals surface area contributed by atoms with Gasteiger partial charge in [0.25, 0.3) is 5.91 Å². The van der Waals surface area contributed by atoms with Crippen molar-refractivity contribution in [3.8, 4) is 0 Å². The van der Waals surface area contributed by atoms with Crippen LogP contribution >= 0.6 is 11.6 Å². The molecule has 0 aliphatic carbocycles. The third-order valence-electron chi connectivity index (χ3n) is 3.75. The maximum atomic E-state index is 12.9. The molecule has 1 atom stereocenters. The topological polar surface area (TPSA) is 71.3 Å². The van der Waals surface area contributed by atoms with E-state index in [1.165, 1.54) is 12.3 Å². The van der Waals surface area contributed by atoms with E-state index >= 15 is 0 Å². The second kappa shape index (κ2) is 7.89. The smallest absolute Gasteiger partial charge is 0.288 e. The minimum absolute atomic E-state index is 0.125. The average Bonchev–Trinajstić information content (AvgIpc) is 3.16. The highest BCUT2D eigenvalue weighted by atomic mass is 35.5. The maximum absolute atomic E-state index is 12.9. The average molecular weight is 369 g/mol. The molecule has 2 aromatic carbocycles. The number of ketones is 1. The Balaban J connectivity index is 1.86. The lowest BCUT2D eigenvalue weighted by Gasteiger charge is -2.20. The van der Waals surface area contributed by atoms with Crippen molar-refractivity contribution in [2.45, 2.75) is 13.1 Å². The third kappa shape index (κ3) is 4.32. The largest absolute Gasteiger partial charge is 0.459 e. The second-order valence-corrected chi connectivity index (χ2v) is 6.21. The first-order chi connectivity index (χ1) is 12.5. The van der Waals surface area contributed by atoms with Crippen LogP contribution in [0.25, 0.3) is 0 Å². The molecule has 0 aliphatic heterocycles. The van der Waals surface area contributed by atoms with E-state index in [2.05, 4.69) is 10.6 Å². The van der Waals surface area contributed by atoms with Crippen LogP contribution < -0.4 is 10.6 Å². The fourth-order valence-corrected chi connectivity index (χ4v) is 2.60. The molecule has 0 saturated heterocycles. The SMILES string of the molecule is Cc1ccc(C(=O)[C@@H](NC(=O)c2ccco2)Nc2cccc(Cl)c2)cc1. The first kappa shape index (κ1) is 17.8. The zero-order valence-electron chi connectivity index (χ0n) is 14.0. The van der Waals surface area contributed by atoms with Crippen molar-refractivity contribution >= 4 is 29.0 Å². The number of furan rings is 1. The summed E-state index contributed by atoms with van der Waals surface area (Å²) >= 11 is 6.00. The first-order valence-electron chi connectivity index (χ1n) is 8.00. The number of carbonyl (C=O) groups is 2. The summed E-state index contributed by atoms with van der Waals surface area (Å²) in [6.45, 7) is 1.94. The Morgan fingerprint density at radius 2 is 1.81 bits per heavy atom. The van der Waals surface area contributed by atoms with E-state index in [9.17, 15) is 9.59 Å². The number of benzene rings is 2.